The molecule has 0 unspecified atom stereocenters. The average molecular weight is 391 g/mol. The van der Waals surface area contributed by atoms with Crippen LogP contribution in [0.4, 0.5) is 0 Å². The van der Waals surface area contributed by atoms with Crippen molar-refractivity contribution in [2.75, 3.05) is 26.3 Å². The van der Waals surface area contributed by atoms with Gasteiger partial charge >= 0.3 is 5.97 Å². The summed E-state index contributed by atoms with van der Waals surface area (Å²) in [5, 5.41) is 2.44. The van der Waals surface area contributed by atoms with E-state index in [0.717, 1.165) is 12.8 Å². The van der Waals surface area contributed by atoms with Crippen LogP contribution in [0.1, 0.15) is 36.5 Å². The first-order valence-corrected chi connectivity index (χ1v) is 9.18. The Kier molecular flexibility index (Phi) is 7.79. The van der Waals surface area contributed by atoms with Crippen LogP contribution in [-0.2, 0) is 19.1 Å². The lowest BCUT2D eigenvalue weighted by molar-refractivity contribution is -0.154. The van der Waals surface area contributed by atoms with E-state index in [1.54, 1.807) is 31.2 Å². The van der Waals surface area contributed by atoms with Crippen LogP contribution in [0.5, 0.6) is 5.75 Å². The Balaban J connectivity index is 1.82. The maximum absolute atomic E-state index is 12.2. The second-order valence-electron chi connectivity index (χ2n) is 6.27. The Labute approximate surface area is 163 Å². The van der Waals surface area contributed by atoms with Gasteiger partial charge in [0, 0.05) is 6.54 Å². The summed E-state index contributed by atoms with van der Waals surface area (Å²) in [5.41, 5.74) is 5.62. The smallest absolute Gasteiger partial charge is 0.325 e. The number of carbonyl (C=O) groups is 4. The maximum atomic E-state index is 12.2. The van der Waals surface area contributed by atoms with E-state index >= 15 is 0 Å². The number of nitrogens with zero attached hydrogens (tertiary/aromatic N) is 1. The van der Waals surface area contributed by atoms with Gasteiger partial charge < -0.3 is 25.4 Å². The lowest BCUT2D eigenvalue weighted by atomic mass is 10.0. The van der Waals surface area contributed by atoms with Gasteiger partial charge in [-0.05, 0) is 38.3 Å². The molecule has 152 valence electrons. The molecule has 1 aliphatic heterocycles. The highest BCUT2D eigenvalue weighted by atomic mass is 16.5. The molecule has 0 radical (unpaired) electrons. The summed E-state index contributed by atoms with van der Waals surface area (Å²) in [7, 11) is 0. The fraction of sp³-hybridized carbons (Fsp3) is 0.474. The largest absolute Gasteiger partial charge is 0.493 e. The highest BCUT2D eigenvalue weighted by Gasteiger charge is 2.31. The second kappa shape index (κ2) is 10.3. The van der Waals surface area contributed by atoms with Gasteiger partial charge in [0.1, 0.15) is 18.3 Å². The van der Waals surface area contributed by atoms with Crippen molar-refractivity contribution in [2.45, 2.75) is 32.2 Å². The molecule has 1 aliphatic rings. The zero-order chi connectivity index (χ0) is 20.5. The van der Waals surface area contributed by atoms with Crippen LogP contribution in [0.3, 0.4) is 0 Å². The summed E-state index contributed by atoms with van der Waals surface area (Å²) in [6.45, 7) is 1.69. The lowest BCUT2D eigenvalue weighted by Gasteiger charge is -2.33. The van der Waals surface area contributed by atoms with Crippen molar-refractivity contribution < 1.29 is 28.7 Å². The molecule has 1 heterocycles. The summed E-state index contributed by atoms with van der Waals surface area (Å²) < 4.78 is 10.3. The number of esters is 1. The number of piperidine rings is 1. The van der Waals surface area contributed by atoms with Crippen molar-refractivity contribution in [3.63, 3.8) is 0 Å². The third kappa shape index (κ3) is 5.70. The fourth-order valence-electron chi connectivity index (χ4n) is 2.99. The van der Waals surface area contributed by atoms with E-state index in [4.69, 9.17) is 15.2 Å². The monoisotopic (exact) mass is 391 g/mol. The molecule has 1 aromatic rings. The Morgan fingerprint density at radius 3 is 2.68 bits per heavy atom. The summed E-state index contributed by atoms with van der Waals surface area (Å²) >= 11 is 0. The molecule has 1 fully saturated rings. The van der Waals surface area contributed by atoms with Gasteiger partial charge in [0.15, 0.2) is 6.61 Å². The zero-order valence-corrected chi connectivity index (χ0v) is 15.8. The minimum Gasteiger partial charge on any atom is -0.493 e. The molecule has 0 aliphatic carbocycles. The Morgan fingerprint density at radius 2 is 1.96 bits per heavy atom. The molecule has 3 N–H and O–H groups in total. The van der Waals surface area contributed by atoms with Crippen molar-refractivity contribution in [1.29, 1.82) is 0 Å². The minimum absolute atomic E-state index is 0.297. The van der Waals surface area contributed by atoms with Crippen molar-refractivity contribution in [3.05, 3.63) is 29.8 Å². The standard InChI is InChI=1S/C19H25N3O6/c1-2-27-15-9-4-3-7-13(15)19(26)21-11-17(24)28-12-16(23)22-10-6-5-8-14(22)18(20)25/h3-4,7,9,14H,2,5-6,8,10-12H2,1H3,(H2,20,25)(H,21,26)/t14-/m1/s1. The van der Waals surface area contributed by atoms with Gasteiger partial charge in [-0.15, -0.1) is 0 Å². The number of hydrogen-bond donors (Lipinski definition) is 2. The molecule has 9 heteroatoms. The summed E-state index contributed by atoms with van der Waals surface area (Å²) in [6.07, 6.45) is 2.08. The number of benzene rings is 1. The molecule has 3 amide bonds. The number of amides is 3. The van der Waals surface area contributed by atoms with Crippen molar-refractivity contribution >= 4 is 23.7 Å². The van der Waals surface area contributed by atoms with E-state index in [1.807, 2.05) is 0 Å². The molecule has 1 atom stereocenters. The summed E-state index contributed by atoms with van der Waals surface area (Å²) in [6, 6.07) is 5.98. The molecule has 28 heavy (non-hydrogen) atoms. The number of carbonyl (C=O) groups excluding carboxylic acids is 4. The van der Waals surface area contributed by atoms with E-state index in [1.165, 1.54) is 4.90 Å². The molecule has 9 nitrogen and oxygen atoms in total. The third-order valence-corrected chi connectivity index (χ3v) is 4.33. The number of primary amides is 1. The maximum Gasteiger partial charge on any atom is 0.325 e. The Bertz CT molecular complexity index is 736. The third-order valence-electron chi connectivity index (χ3n) is 4.33. The Hall–Kier alpha value is -3.10. The minimum atomic E-state index is -0.761. The number of likely N-dealkylation sites (tertiary alicyclic amines) is 1. The van der Waals surface area contributed by atoms with E-state index < -0.39 is 42.9 Å². The van der Waals surface area contributed by atoms with Gasteiger partial charge in [-0.25, -0.2) is 0 Å². The molecule has 1 aromatic carbocycles. The van der Waals surface area contributed by atoms with Crippen LogP contribution in [0.15, 0.2) is 24.3 Å². The summed E-state index contributed by atoms with van der Waals surface area (Å²) in [4.78, 5) is 49.1. The van der Waals surface area contributed by atoms with Gasteiger partial charge in [0.25, 0.3) is 11.8 Å². The van der Waals surface area contributed by atoms with Crippen molar-refractivity contribution in [1.82, 2.24) is 10.2 Å². The van der Waals surface area contributed by atoms with Gasteiger partial charge in [-0.3, -0.25) is 19.2 Å². The number of nitrogens with one attached hydrogen (secondary N) is 1. The van der Waals surface area contributed by atoms with Crippen LogP contribution >= 0.6 is 0 Å². The van der Waals surface area contributed by atoms with Gasteiger partial charge in [-0.1, -0.05) is 12.1 Å². The molecule has 0 saturated carbocycles. The predicted octanol–water partition coefficient (Wildman–Crippen LogP) is 0.225. The quantitative estimate of drug-likeness (QED) is 0.610. The highest BCUT2D eigenvalue weighted by molar-refractivity contribution is 5.98. The number of hydrogen-bond acceptors (Lipinski definition) is 6. The number of nitrogens with two attached hydrogens (primary N) is 1. The highest BCUT2D eigenvalue weighted by Crippen LogP contribution is 2.18. The van der Waals surface area contributed by atoms with Gasteiger partial charge in [0.05, 0.1) is 12.2 Å². The molecule has 2 rings (SSSR count). The first-order valence-electron chi connectivity index (χ1n) is 9.18. The fourth-order valence-corrected chi connectivity index (χ4v) is 2.99. The lowest BCUT2D eigenvalue weighted by Crippen LogP contribution is -2.51. The molecule has 0 bridgehead atoms. The second-order valence-corrected chi connectivity index (χ2v) is 6.27. The van der Waals surface area contributed by atoms with E-state index in [-0.39, 0.29) is 0 Å². The number of ether oxygens (including phenoxy) is 2. The van der Waals surface area contributed by atoms with Gasteiger partial charge in [-0.2, -0.15) is 0 Å². The van der Waals surface area contributed by atoms with Crippen LogP contribution in [0, 0.1) is 0 Å². The first kappa shape index (κ1) is 21.2. The molecular formula is C19H25N3O6. The van der Waals surface area contributed by atoms with E-state index in [9.17, 15) is 19.2 Å². The van der Waals surface area contributed by atoms with E-state index in [2.05, 4.69) is 5.32 Å². The summed E-state index contributed by atoms with van der Waals surface area (Å²) in [5.74, 6) is -1.89. The van der Waals surface area contributed by atoms with Crippen molar-refractivity contribution in [3.8, 4) is 5.75 Å². The first-order chi connectivity index (χ1) is 13.4. The zero-order valence-electron chi connectivity index (χ0n) is 15.8. The predicted molar refractivity (Wildman–Crippen MR) is 99.4 cm³/mol. The molecule has 0 spiro atoms. The van der Waals surface area contributed by atoms with Crippen LogP contribution in [-0.4, -0.2) is 60.9 Å². The van der Waals surface area contributed by atoms with Crippen LogP contribution in [0.2, 0.25) is 0 Å². The SMILES string of the molecule is CCOc1ccccc1C(=O)NCC(=O)OCC(=O)N1CCCC[C@@H]1C(N)=O. The molecule has 0 aromatic heterocycles. The molecular weight excluding hydrogens is 366 g/mol. The van der Waals surface area contributed by atoms with Crippen LogP contribution in [0.25, 0.3) is 0 Å². The molecule has 1 saturated heterocycles. The van der Waals surface area contributed by atoms with E-state index in [0.29, 0.717) is 30.9 Å². The van der Waals surface area contributed by atoms with Crippen LogP contribution < -0.4 is 15.8 Å². The van der Waals surface area contributed by atoms with Gasteiger partial charge in [0.2, 0.25) is 5.91 Å². The van der Waals surface area contributed by atoms with Crippen molar-refractivity contribution in [2.24, 2.45) is 5.73 Å². The normalized spacial score (nSPS) is 16.2. The number of rotatable bonds is 8. The Morgan fingerprint density at radius 1 is 1.21 bits per heavy atom. The topological polar surface area (TPSA) is 128 Å². The number of para-hydroxylation sites is 1. The average Bonchev–Trinajstić information content (AvgIpc) is 2.70.